The molecule has 1 N–H and O–H groups in total. The summed E-state index contributed by atoms with van der Waals surface area (Å²) < 4.78 is 14.4. The van der Waals surface area contributed by atoms with Crippen molar-refractivity contribution in [2.45, 2.75) is 12.5 Å². The van der Waals surface area contributed by atoms with Crippen LogP contribution in [0.4, 0.5) is 4.39 Å². The second-order valence-corrected chi connectivity index (χ2v) is 5.66. The van der Waals surface area contributed by atoms with Crippen molar-refractivity contribution in [1.29, 1.82) is 0 Å². The number of hydrogen-bond acceptors (Lipinski definition) is 1. The summed E-state index contributed by atoms with van der Waals surface area (Å²) in [5.74, 6) is -0.268. The lowest BCUT2D eigenvalue weighted by Crippen LogP contribution is -2.19. The molecule has 19 heavy (non-hydrogen) atoms. The van der Waals surface area contributed by atoms with Crippen LogP contribution in [0.15, 0.2) is 46.9 Å². The molecule has 4 heteroatoms. The number of nitrogens with one attached hydrogen (secondary N) is 1. The first kappa shape index (κ1) is 14.5. The molecule has 100 valence electrons. The smallest absolute Gasteiger partial charge is 0.123 e. The van der Waals surface area contributed by atoms with Gasteiger partial charge in [-0.2, -0.15) is 0 Å². The zero-order chi connectivity index (χ0) is 13.8. The second-order valence-electron chi connectivity index (χ2n) is 4.34. The van der Waals surface area contributed by atoms with Gasteiger partial charge in [0.05, 0.1) is 0 Å². The molecule has 1 atom stereocenters. The fraction of sp³-hybridized carbons (Fsp3) is 0.200. The second kappa shape index (κ2) is 6.51. The van der Waals surface area contributed by atoms with E-state index in [0.29, 0.717) is 5.02 Å². The summed E-state index contributed by atoms with van der Waals surface area (Å²) in [6.45, 7) is 0. The van der Waals surface area contributed by atoms with Gasteiger partial charge in [0.2, 0.25) is 0 Å². The van der Waals surface area contributed by atoms with E-state index in [-0.39, 0.29) is 11.9 Å². The van der Waals surface area contributed by atoms with Crippen LogP contribution >= 0.6 is 27.5 Å². The topological polar surface area (TPSA) is 12.0 Å². The van der Waals surface area contributed by atoms with E-state index < -0.39 is 0 Å². The van der Waals surface area contributed by atoms with E-state index in [1.807, 2.05) is 31.3 Å². The van der Waals surface area contributed by atoms with E-state index >= 15 is 0 Å². The first-order valence-electron chi connectivity index (χ1n) is 5.97. The first-order valence-corrected chi connectivity index (χ1v) is 7.14. The monoisotopic (exact) mass is 341 g/mol. The summed E-state index contributed by atoms with van der Waals surface area (Å²) in [5.41, 5.74) is 1.95. The Balaban J connectivity index is 2.24. The van der Waals surface area contributed by atoms with Crippen molar-refractivity contribution in [1.82, 2.24) is 5.32 Å². The van der Waals surface area contributed by atoms with Crippen LogP contribution in [-0.4, -0.2) is 7.05 Å². The van der Waals surface area contributed by atoms with Crippen molar-refractivity contribution in [3.63, 3.8) is 0 Å². The fourth-order valence-electron chi connectivity index (χ4n) is 2.01. The molecule has 0 saturated carbocycles. The van der Waals surface area contributed by atoms with Gasteiger partial charge in [-0.3, -0.25) is 0 Å². The highest BCUT2D eigenvalue weighted by atomic mass is 79.9. The number of rotatable bonds is 4. The Morgan fingerprint density at radius 1 is 1.21 bits per heavy atom. The zero-order valence-corrected chi connectivity index (χ0v) is 12.8. The van der Waals surface area contributed by atoms with Gasteiger partial charge in [-0.1, -0.05) is 39.7 Å². The average molecular weight is 343 g/mol. The third kappa shape index (κ3) is 3.78. The predicted octanol–water partition coefficient (Wildman–Crippen LogP) is 4.74. The molecule has 0 fully saturated rings. The maximum atomic E-state index is 13.3. The normalized spacial score (nSPS) is 12.4. The van der Waals surface area contributed by atoms with Gasteiger partial charge in [-0.05, 0) is 54.9 Å². The molecule has 2 rings (SSSR count). The summed E-state index contributed by atoms with van der Waals surface area (Å²) in [5, 5.41) is 3.77. The molecule has 0 aliphatic heterocycles. The molecule has 0 aromatic heterocycles. The maximum Gasteiger partial charge on any atom is 0.123 e. The van der Waals surface area contributed by atoms with Crippen LogP contribution in [-0.2, 0) is 6.42 Å². The minimum absolute atomic E-state index is 0.00984. The number of likely N-dealkylation sites (N-methyl/N-ethyl adjacent to an activating group) is 1. The third-order valence-electron chi connectivity index (χ3n) is 3.04. The molecular weight excluding hydrogens is 329 g/mol. The number of hydrogen-bond donors (Lipinski definition) is 1. The lowest BCUT2D eigenvalue weighted by atomic mass is 9.99. The van der Waals surface area contributed by atoms with Gasteiger partial charge in [-0.25, -0.2) is 4.39 Å². The molecular formula is C15H14BrClFN. The molecule has 0 radical (unpaired) electrons. The molecule has 0 saturated heterocycles. The molecule has 0 aliphatic carbocycles. The Hall–Kier alpha value is -0.900. The van der Waals surface area contributed by atoms with Gasteiger partial charge in [0.1, 0.15) is 5.82 Å². The summed E-state index contributed by atoms with van der Waals surface area (Å²) in [4.78, 5) is 0. The Morgan fingerprint density at radius 3 is 2.53 bits per heavy atom. The largest absolute Gasteiger partial charge is 0.313 e. The highest BCUT2D eigenvalue weighted by Gasteiger charge is 2.14. The molecule has 1 nitrogen and oxygen atoms in total. The predicted molar refractivity (Wildman–Crippen MR) is 81.1 cm³/mol. The van der Waals surface area contributed by atoms with Gasteiger partial charge in [0, 0.05) is 15.5 Å². The third-order valence-corrected chi connectivity index (χ3v) is 3.91. The number of benzene rings is 2. The summed E-state index contributed by atoms with van der Waals surface area (Å²) in [7, 11) is 1.85. The molecule has 0 aliphatic rings. The molecule has 0 heterocycles. The van der Waals surface area contributed by atoms with Crippen molar-refractivity contribution in [2.75, 3.05) is 7.05 Å². The summed E-state index contributed by atoms with van der Waals surface area (Å²) in [6, 6.07) is 12.5. The minimum atomic E-state index is -0.268. The van der Waals surface area contributed by atoms with Crippen molar-refractivity contribution in [3.8, 4) is 0 Å². The van der Waals surface area contributed by atoms with Gasteiger partial charge in [0.25, 0.3) is 0 Å². The highest BCUT2D eigenvalue weighted by Crippen LogP contribution is 2.26. The zero-order valence-electron chi connectivity index (χ0n) is 10.5. The van der Waals surface area contributed by atoms with Crippen molar-refractivity contribution < 1.29 is 4.39 Å². The molecule has 0 spiro atoms. The Kier molecular flexibility index (Phi) is 4.97. The Bertz CT molecular complexity index is 557. The SMILES string of the molecule is CNC(Cc1ccc(Br)cc1)c1cc(F)ccc1Cl. The van der Waals surface area contributed by atoms with Crippen LogP contribution in [0.2, 0.25) is 5.02 Å². The number of halogens is 3. The maximum absolute atomic E-state index is 13.3. The van der Waals surface area contributed by atoms with Crippen molar-refractivity contribution >= 4 is 27.5 Å². The summed E-state index contributed by atoms with van der Waals surface area (Å²) in [6.07, 6.45) is 0.757. The van der Waals surface area contributed by atoms with E-state index in [2.05, 4.69) is 21.2 Å². The Labute approximate surface area is 125 Å². The lowest BCUT2D eigenvalue weighted by Gasteiger charge is -2.18. The van der Waals surface area contributed by atoms with E-state index in [0.717, 1.165) is 16.5 Å². The Morgan fingerprint density at radius 2 is 1.89 bits per heavy atom. The first-order chi connectivity index (χ1) is 9.10. The molecule has 0 bridgehead atoms. The van der Waals surface area contributed by atoms with E-state index in [1.165, 1.54) is 17.7 Å². The van der Waals surface area contributed by atoms with Crippen molar-refractivity contribution in [3.05, 3.63) is 68.9 Å². The van der Waals surface area contributed by atoms with Crippen LogP contribution in [0.3, 0.4) is 0 Å². The highest BCUT2D eigenvalue weighted by molar-refractivity contribution is 9.10. The van der Waals surface area contributed by atoms with E-state index in [4.69, 9.17) is 11.6 Å². The van der Waals surface area contributed by atoms with Gasteiger partial charge < -0.3 is 5.32 Å². The van der Waals surface area contributed by atoms with Crippen molar-refractivity contribution in [2.24, 2.45) is 0 Å². The van der Waals surface area contributed by atoms with Gasteiger partial charge in [0.15, 0.2) is 0 Å². The standard InChI is InChI=1S/C15H14BrClFN/c1-19-15(8-10-2-4-11(16)5-3-10)13-9-12(18)6-7-14(13)17/h2-7,9,15,19H,8H2,1H3. The molecule has 1 unspecified atom stereocenters. The van der Waals surface area contributed by atoms with Gasteiger partial charge in [-0.15, -0.1) is 0 Å². The van der Waals surface area contributed by atoms with Crippen LogP contribution in [0.1, 0.15) is 17.2 Å². The van der Waals surface area contributed by atoms with Gasteiger partial charge >= 0.3 is 0 Å². The van der Waals surface area contributed by atoms with Crippen LogP contribution in [0, 0.1) is 5.82 Å². The molecule has 0 amide bonds. The minimum Gasteiger partial charge on any atom is -0.313 e. The van der Waals surface area contributed by atoms with Crippen LogP contribution < -0.4 is 5.32 Å². The van der Waals surface area contributed by atoms with Crippen LogP contribution in [0.5, 0.6) is 0 Å². The molecule has 2 aromatic rings. The summed E-state index contributed by atoms with van der Waals surface area (Å²) >= 11 is 9.56. The quantitative estimate of drug-likeness (QED) is 0.846. The molecule has 2 aromatic carbocycles. The van der Waals surface area contributed by atoms with Crippen LogP contribution in [0.25, 0.3) is 0 Å². The van der Waals surface area contributed by atoms with E-state index in [9.17, 15) is 4.39 Å². The van der Waals surface area contributed by atoms with E-state index in [1.54, 1.807) is 6.07 Å². The average Bonchev–Trinajstić information content (AvgIpc) is 2.41. The fourth-order valence-corrected chi connectivity index (χ4v) is 2.52. The lowest BCUT2D eigenvalue weighted by molar-refractivity contribution is 0.577.